The molecule has 10 nitrogen and oxygen atoms in total. The molecule has 0 radical (unpaired) electrons. The number of ether oxygens (including phenoxy) is 2. The molecule has 0 saturated carbocycles. The largest absolute Gasteiger partial charge is 0.490 e. The van der Waals surface area contributed by atoms with E-state index >= 15 is 0 Å². The van der Waals surface area contributed by atoms with E-state index in [1.165, 1.54) is 24.3 Å². The molecule has 188 valence electrons. The van der Waals surface area contributed by atoms with Crippen LogP contribution < -0.4 is 19.7 Å². The predicted molar refractivity (Wildman–Crippen MR) is 143 cm³/mol. The molecule has 0 bridgehead atoms. The van der Waals surface area contributed by atoms with Crippen LogP contribution in [0.3, 0.4) is 0 Å². The first-order valence-corrected chi connectivity index (χ1v) is 12.2. The van der Waals surface area contributed by atoms with Crippen LogP contribution in [-0.4, -0.2) is 29.4 Å². The summed E-state index contributed by atoms with van der Waals surface area (Å²) >= 11 is 2.08. The maximum absolute atomic E-state index is 13.2. The number of halogens is 1. The summed E-state index contributed by atoms with van der Waals surface area (Å²) in [6, 6.07) is 17.0. The fourth-order valence-corrected chi connectivity index (χ4v) is 4.39. The number of nitro benzene ring substituents is 1. The molecule has 0 aromatic heterocycles. The molecule has 1 fully saturated rings. The Morgan fingerprint density at radius 1 is 1.03 bits per heavy atom. The monoisotopic (exact) mass is 613 g/mol. The highest BCUT2D eigenvalue weighted by molar-refractivity contribution is 14.1. The maximum atomic E-state index is 13.2. The number of carbonyl (C=O) groups excluding carboxylic acids is 3. The minimum atomic E-state index is -0.998. The van der Waals surface area contributed by atoms with Crippen molar-refractivity contribution < 1.29 is 28.8 Å². The number of nitrogens with one attached hydrogen (secondary N) is 1. The molecule has 37 heavy (non-hydrogen) atoms. The van der Waals surface area contributed by atoms with Crippen LogP contribution in [0.5, 0.6) is 11.5 Å². The highest BCUT2D eigenvalue weighted by Gasteiger charge is 2.37. The highest BCUT2D eigenvalue weighted by atomic mass is 127. The predicted octanol–water partition coefficient (Wildman–Crippen LogP) is 4.84. The Hall–Kier alpha value is -4.26. The smallest absolute Gasteiger partial charge is 0.335 e. The van der Waals surface area contributed by atoms with Gasteiger partial charge in [-0.25, -0.2) is 9.69 Å². The van der Waals surface area contributed by atoms with Crippen molar-refractivity contribution in [1.82, 2.24) is 5.32 Å². The lowest BCUT2D eigenvalue weighted by atomic mass is 10.1. The van der Waals surface area contributed by atoms with E-state index in [0.717, 1.165) is 11.6 Å². The number of nitro groups is 1. The van der Waals surface area contributed by atoms with E-state index in [-0.39, 0.29) is 16.9 Å². The van der Waals surface area contributed by atoms with Crippen LogP contribution in [0, 0.1) is 13.7 Å². The van der Waals surface area contributed by atoms with Crippen LogP contribution in [0.25, 0.3) is 6.08 Å². The van der Waals surface area contributed by atoms with E-state index in [2.05, 4.69) is 27.9 Å². The number of urea groups is 1. The zero-order valence-electron chi connectivity index (χ0n) is 19.5. The third-order valence-electron chi connectivity index (χ3n) is 5.27. The topological polar surface area (TPSA) is 128 Å². The first-order chi connectivity index (χ1) is 17.8. The zero-order chi connectivity index (χ0) is 26.5. The van der Waals surface area contributed by atoms with Crippen molar-refractivity contribution in [3.8, 4) is 11.5 Å². The molecule has 1 aliphatic rings. The van der Waals surface area contributed by atoms with Crippen molar-refractivity contribution in [3.05, 3.63) is 97.1 Å². The second-order valence-corrected chi connectivity index (χ2v) is 8.93. The molecular weight excluding hydrogens is 593 g/mol. The lowest BCUT2D eigenvalue weighted by molar-refractivity contribution is -0.384. The Bertz CT molecular complexity index is 1420. The minimum Gasteiger partial charge on any atom is -0.490 e. The van der Waals surface area contributed by atoms with Crippen LogP contribution >= 0.6 is 22.6 Å². The molecule has 0 spiro atoms. The van der Waals surface area contributed by atoms with E-state index in [4.69, 9.17) is 9.47 Å². The molecule has 3 aromatic rings. The molecule has 4 amide bonds. The van der Waals surface area contributed by atoms with Gasteiger partial charge < -0.3 is 9.47 Å². The van der Waals surface area contributed by atoms with Gasteiger partial charge in [0.25, 0.3) is 17.5 Å². The van der Waals surface area contributed by atoms with Gasteiger partial charge in [0, 0.05) is 12.1 Å². The molecular formula is C26H20IN3O7. The fraction of sp³-hybridized carbons (Fsp3) is 0.115. The normalized spacial score (nSPS) is 14.5. The number of hydrogen-bond donors (Lipinski definition) is 1. The maximum Gasteiger partial charge on any atom is 0.335 e. The lowest BCUT2D eigenvalue weighted by Crippen LogP contribution is -2.54. The summed E-state index contributed by atoms with van der Waals surface area (Å²) in [7, 11) is 0. The first kappa shape index (κ1) is 25.8. The van der Waals surface area contributed by atoms with Gasteiger partial charge in [-0.1, -0.05) is 36.4 Å². The Balaban J connectivity index is 1.67. The number of rotatable bonds is 8. The summed E-state index contributed by atoms with van der Waals surface area (Å²) in [6.07, 6.45) is 1.33. The number of carbonyl (C=O) groups is 3. The molecule has 4 rings (SSSR count). The summed E-state index contributed by atoms with van der Waals surface area (Å²) in [5.41, 5.74) is 0.781. The van der Waals surface area contributed by atoms with Crippen LogP contribution in [0.15, 0.2) is 72.3 Å². The summed E-state index contributed by atoms with van der Waals surface area (Å²) in [5, 5.41) is 13.3. The van der Waals surface area contributed by atoms with Gasteiger partial charge in [-0.2, -0.15) is 0 Å². The van der Waals surface area contributed by atoms with Crippen molar-refractivity contribution in [3.63, 3.8) is 0 Å². The van der Waals surface area contributed by atoms with Crippen LogP contribution in [-0.2, 0) is 16.2 Å². The molecule has 0 unspecified atom stereocenters. The van der Waals surface area contributed by atoms with Gasteiger partial charge in [0.2, 0.25) is 0 Å². The molecule has 1 heterocycles. The number of non-ortho nitro benzene ring substituents is 1. The van der Waals surface area contributed by atoms with Gasteiger partial charge in [-0.05, 0) is 64.9 Å². The number of hydrogen-bond acceptors (Lipinski definition) is 7. The van der Waals surface area contributed by atoms with Gasteiger partial charge in [0.1, 0.15) is 12.2 Å². The van der Waals surface area contributed by atoms with E-state index in [9.17, 15) is 24.5 Å². The van der Waals surface area contributed by atoms with Crippen molar-refractivity contribution >= 4 is 57.9 Å². The second kappa shape index (κ2) is 11.2. The SMILES string of the molecule is CCOc1cc(/C=C2\C(=O)NC(=O)N(c3cccc([N+](=O)[O-])c3)C2=O)cc(I)c1OCc1ccccc1. The van der Waals surface area contributed by atoms with E-state index in [0.29, 0.717) is 38.7 Å². The average molecular weight is 613 g/mol. The van der Waals surface area contributed by atoms with Crippen molar-refractivity contribution in [2.75, 3.05) is 11.5 Å². The van der Waals surface area contributed by atoms with Crippen LogP contribution in [0.4, 0.5) is 16.2 Å². The highest BCUT2D eigenvalue weighted by Crippen LogP contribution is 2.36. The number of anilines is 1. The molecule has 0 aliphatic carbocycles. The Morgan fingerprint density at radius 2 is 1.78 bits per heavy atom. The Morgan fingerprint density at radius 3 is 2.49 bits per heavy atom. The number of amides is 4. The summed E-state index contributed by atoms with van der Waals surface area (Å²) in [6.45, 7) is 2.49. The summed E-state index contributed by atoms with van der Waals surface area (Å²) in [4.78, 5) is 49.4. The quantitative estimate of drug-likeness (QED) is 0.127. The molecule has 1 N–H and O–H groups in total. The standard InChI is InChI=1S/C26H20IN3O7/c1-2-36-22-13-17(12-21(27)23(22)37-15-16-7-4-3-5-8-16)11-20-24(31)28-26(33)29(25(20)32)18-9-6-10-19(14-18)30(34)35/h3-14H,2,15H2,1H3,(H,28,31,33)/b20-11+. The van der Waals surface area contributed by atoms with Gasteiger partial charge in [0.05, 0.1) is 20.8 Å². The third kappa shape index (κ3) is 5.77. The van der Waals surface area contributed by atoms with Gasteiger partial charge >= 0.3 is 6.03 Å². The first-order valence-electron chi connectivity index (χ1n) is 11.1. The summed E-state index contributed by atoms with van der Waals surface area (Å²) < 4.78 is 12.4. The fourth-order valence-electron chi connectivity index (χ4n) is 3.61. The average Bonchev–Trinajstić information content (AvgIpc) is 2.87. The van der Waals surface area contributed by atoms with Crippen LogP contribution in [0.1, 0.15) is 18.1 Å². The molecule has 3 aromatic carbocycles. The van der Waals surface area contributed by atoms with Gasteiger partial charge in [-0.3, -0.25) is 25.0 Å². The zero-order valence-corrected chi connectivity index (χ0v) is 21.6. The second-order valence-electron chi connectivity index (χ2n) is 7.77. The lowest BCUT2D eigenvalue weighted by Gasteiger charge is -2.26. The van der Waals surface area contributed by atoms with E-state index < -0.39 is 22.8 Å². The minimum absolute atomic E-state index is 0.0376. The van der Waals surface area contributed by atoms with Crippen molar-refractivity contribution in [1.29, 1.82) is 0 Å². The molecule has 1 saturated heterocycles. The van der Waals surface area contributed by atoms with E-state index in [1.54, 1.807) is 12.1 Å². The van der Waals surface area contributed by atoms with Crippen molar-refractivity contribution in [2.45, 2.75) is 13.5 Å². The van der Waals surface area contributed by atoms with Crippen molar-refractivity contribution in [2.24, 2.45) is 0 Å². The third-order valence-corrected chi connectivity index (χ3v) is 6.07. The Kier molecular flexibility index (Phi) is 7.82. The number of nitrogens with zero attached hydrogens (tertiary/aromatic N) is 2. The number of benzene rings is 3. The number of imide groups is 2. The Labute approximate surface area is 225 Å². The van der Waals surface area contributed by atoms with Crippen LogP contribution in [0.2, 0.25) is 0 Å². The number of barbiturate groups is 1. The molecule has 11 heteroatoms. The molecule has 1 aliphatic heterocycles. The van der Waals surface area contributed by atoms with Gasteiger partial charge in [0.15, 0.2) is 11.5 Å². The van der Waals surface area contributed by atoms with E-state index in [1.807, 2.05) is 37.3 Å². The summed E-state index contributed by atoms with van der Waals surface area (Å²) in [5.74, 6) is -0.852. The van der Waals surface area contributed by atoms with Gasteiger partial charge in [-0.15, -0.1) is 0 Å². The molecule has 0 atom stereocenters.